The SMILES string of the molecule is COc1ccc(C2(C)C(=O)N(c3ccc(C#N)c(OC)c3)C(=O)N2C)cc1. The molecule has 0 bridgehead atoms. The first kappa shape index (κ1) is 18.3. The Bertz CT molecular complexity index is 949. The summed E-state index contributed by atoms with van der Waals surface area (Å²) in [5, 5.41) is 9.13. The molecular formula is C20H19N3O4. The van der Waals surface area contributed by atoms with Crippen LogP contribution in [-0.2, 0) is 10.3 Å². The molecule has 0 spiro atoms. The number of benzene rings is 2. The van der Waals surface area contributed by atoms with Gasteiger partial charge < -0.3 is 14.4 Å². The zero-order chi connectivity index (χ0) is 19.8. The van der Waals surface area contributed by atoms with Crippen molar-refractivity contribution >= 4 is 17.6 Å². The Kier molecular flexibility index (Phi) is 4.50. The topological polar surface area (TPSA) is 82.9 Å². The largest absolute Gasteiger partial charge is 0.497 e. The van der Waals surface area contributed by atoms with Gasteiger partial charge in [0.2, 0.25) is 0 Å². The maximum Gasteiger partial charge on any atom is 0.332 e. The van der Waals surface area contributed by atoms with Gasteiger partial charge in [0.1, 0.15) is 23.1 Å². The molecule has 7 heteroatoms. The second kappa shape index (κ2) is 6.65. The Balaban J connectivity index is 2.06. The lowest BCUT2D eigenvalue weighted by molar-refractivity contribution is -0.124. The molecule has 3 rings (SSSR count). The first-order valence-corrected chi connectivity index (χ1v) is 8.23. The Morgan fingerprint density at radius 2 is 1.70 bits per heavy atom. The van der Waals surface area contributed by atoms with Crippen molar-refractivity contribution in [1.82, 2.24) is 4.90 Å². The summed E-state index contributed by atoms with van der Waals surface area (Å²) < 4.78 is 10.4. The number of amides is 3. The van der Waals surface area contributed by atoms with Crippen molar-refractivity contribution < 1.29 is 19.1 Å². The van der Waals surface area contributed by atoms with E-state index in [4.69, 9.17) is 14.7 Å². The van der Waals surface area contributed by atoms with Crippen LogP contribution in [0.1, 0.15) is 18.1 Å². The van der Waals surface area contributed by atoms with Crippen molar-refractivity contribution in [2.45, 2.75) is 12.5 Å². The molecule has 0 saturated carbocycles. The molecule has 1 aliphatic rings. The average Bonchev–Trinajstić information content (AvgIpc) is 2.88. The molecule has 0 N–H and O–H groups in total. The average molecular weight is 365 g/mol. The molecule has 1 aliphatic heterocycles. The summed E-state index contributed by atoms with van der Waals surface area (Å²) >= 11 is 0. The van der Waals surface area contributed by atoms with Gasteiger partial charge in [-0.1, -0.05) is 12.1 Å². The standard InChI is InChI=1S/C20H19N3O4/c1-20(14-6-9-16(26-3)10-7-14)18(24)23(19(25)22(20)2)15-8-5-13(12-21)17(11-15)27-4/h5-11H,1-4H3. The van der Waals surface area contributed by atoms with Crippen LogP contribution in [0.3, 0.4) is 0 Å². The summed E-state index contributed by atoms with van der Waals surface area (Å²) in [5.74, 6) is 0.582. The molecule has 3 amide bonds. The fourth-order valence-electron chi connectivity index (χ4n) is 3.16. The Morgan fingerprint density at radius 3 is 2.26 bits per heavy atom. The highest BCUT2D eigenvalue weighted by atomic mass is 16.5. The van der Waals surface area contributed by atoms with Gasteiger partial charge in [-0.05, 0) is 36.8 Å². The van der Waals surface area contributed by atoms with Crippen LogP contribution in [0, 0.1) is 11.3 Å². The number of urea groups is 1. The van der Waals surface area contributed by atoms with E-state index >= 15 is 0 Å². The van der Waals surface area contributed by atoms with Crippen LogP contribution >= 0.6 is 0 Å². The van der Waals surface area contributed by atoms with E-state index in [1.165, 1.54) is 24.1 Å². The lowest BCUT2D eigenvalue weighted by atomic mass is 9.90. The number of hydrogen-bond donors (Lipinski definition) is 0. The van der Waals surface area contributed by atoms with E-state index < -0.39 is 11.6 Å². The maximum absolute atomic E-state index is 13.3. The number of hydrogen-bond acceptors (Lipinski definition) is 5. The molecule has 7 nitrogen and oxygen atoms in total. The number of carbonyl (C=O) groups is 2. The van der Waals surface area contributed by atoms with Crippen molar-refractivity contribution in [3.05, 3.63) is 53.6 Å². The molecule has 2 aromatic rings. The maximum atomic E-state index is 13.3. The van der Waals surface area contributed by atoms with E-state index in [9.17, 15) is 9.59 Å². The molecule has 27 heavy (non-hydrogen) atoms. The molecule has 1 saturated heterocycles. The van der Waals surface area contributed by atoms with E-state index in [-0.39, 0.29) is 5.91 Å². The van der Waals surface area contributed by atoms with Gasteiger partial charge in [-0.3, -0.25) is 4.79 Å². The summed E-state index contributed by atoms with van der Waals surface area (Å²) in [6, 6.07) is 13.2. The van der Waals surface area contributed by atoms with Crippen LogP contribution in [0.4, 0.5) is 10.5 Å². The summed E-state index contributed by atoms with van der Waals surface area (Å²) in [4.78, 5) is 28.7. The number of carbonyl (C=O) groups excluding carboxylic acids is 2. The molecule has 0 radical (unpaired) electrons. The van der Waals surface area contributed by atoms with Crippen LogP contribution in [0.25, 0.3) is 0 Å². The van der Waals surface area contributed by atoms with Crippen LogP contribution in [0.5, 0.6) is 11.5 Å². The third-order valence-electron chi connectivity index (χ3n) is 4.98. The fourth-order valence-corrected chi connectivity index (χ4v) is 3.16. The molecule has 0 aromatic heterocycles. The zero-order valence-electron chi connectivity index (χ0n) is 15.5. The summed E-state index contributed by atoms with van der Waals surface area (Å²) in [6.07, 6.45) is 0. The minimum atomic E-state index is -1.16. The molecular weight excluding hydrogens is 346 g/mol. The third kappa shape index (κ3) is 2.66. The quantitative estimate of drug-likeness (QED) is 0.778. The zero-order valence-corrected chi connectivity index (χ0v) is 15.5. The van der Waals surface area contributed by atoms with Crippen LogP contribution < -0.4 is 14.4 Å². The lowest BCUT2D eigenvalue weighted by Crippen LogP contribution is -2.42. The molecule has 138 valence electrons. The van der Waals surface area contributed by atoms with Gasteiger partial charge in [0, 0.05) is 13.1 Å². The fraction of sp³-hybridized carbons (Fsp3) is 0.250. The van der Waals surface area contributed by atoms with Gasteiger partial charge in [0.05, 0.1) is 25.5 Å². The highest BCUT2D eigenvalue weighted by molar-refractivity contribution is 6.23. The number of rotatable bonds is 4. The Hall–Kier alpha value is -3.53. The van der Waals surface area contributed by atoms with Gasteiger partial charge in [0.15, 0.2) is 0 Å². The van der Waals surface area contributed by atoms with E-state index in [2.05, 4.69) is 0 Å². The third-order valence-corrected chi connectivity index (χ3v) is 4.98. The number of ether oxygens (including phenoxy) is 2. The van der Waals surface area contributed by atoms with Gasteiger partial charge >= 0.3 is 6.03 Å². The van der Waals surface area contributed by atoms with Crippen molar-refractivity contribution in [1.29, 1.82) is 5.26 Å². The second-order valence-electron chi connectivity index (χ2n) is 6.28. The van der Waals surface area contributed by atoms with E-state index in [1.54, 1.807) is 51.4 Å². The molecule has 0 aliphatic carbocycles. The summed E-state index contributed by atoms with van der Waals surface area (Å²) in [6.45, 7) is 1.70. The molecule has 2 aromatic carbocycles. The van der Waals surface area contributed by atoms with Crippen molar-refractivity contribution in [3.8, 4) is 17.6 Å². The summed E-state index contributed by atoms with van der Waals surface area (Å²) in [5.41, 5.74) is 0.189. The number of nitrogens with zero attached hydrogens (tertiary/aromatic N) is 3. The number of methoxy groups -OCH3 is 2. The van der Waals surface area contributed by atoms with Crippen molar-refractivity contribution in [2.75, 3.05) is 26.2 Å². The number of likely N-dealkylation sites (N-methyl/N-ethyl adjacent to an activating group) is 1. The molecule has 1 unspecified atom stereocenters. The molecule has 1 fully saturated rings. The number of imide groups is 1. The van der Waals surface area contributed by atoms with Gasteiger partial charge in [-0.2, -0.15) is 5.26 Å². The molecule has 1 heterocycles. The first-order valence-electron chi connectivity index (χ1n) is 8.23. The van der Waals surface area contributed by atoms with Gasteiger partial charge in [-0.25, -0.2) is 9.69 Å². The minimum absolute atomic E-state index is 0.302. The normalized spacial score (nSPS) is 19.2. The van der Waals surface area contributed by atoms with Gasteiger partial charge in [0.25, 0.3) is 5.91 Å². The Labute approximate surface area is 157 Å². The number of anilines is 1. The Morgan fingerprint density at radius 1 is 1.04 bits per heavy atom. The molecule has 1 atom stereocenters. The van der Waals surface area contributed by atoms with Gasteiger partial charge in [-0.15, -0.1) is 0 Å². The summed E-state index contributed by atoms with van der Waals surface area (Å²) in [7, 11) is 4.58. The monoisotopic (exact) mass is 365 g/mol. The smallest absolute Gasteiger partial charge is 0.332 e. The second-order valence-corrected chi connectivity index (χ2v) is 6.28. The van der Waals surface area contributed by atoms with Crippen LogP contribution in [-0.4, -0.2) is 38.1 Å². The van der Waals surface area contributed by atoms with E-state index in [0.717, 1.165) is 4.90 Å². The van der Waals surface area contributed by atoms with Crippen molar-refractivity contribution in [3.63, 3.8) is 0 Å². The highest BCUT2D eigenvalue weighted by Crippen LogP contribution is 2.39. The van der Waals surface area contributed by atoms with Crippen molar-refractivity contribution in [2.24, 2.45) is 0 Å². The van der Waals surface area contributed by atoms with Crippen LogP contribution in [0.2, 0.25) is 0 Å². The van der Waals surface area contributed by atoms with Crippen LogP contribution in [0.15, 0.2) is 42.5 Å². The highest BCUT2D eigenvalue weighted by Gasteiger charge is 2.54. The lowest BCUT2D eigenvalue weighted by Gasteiger charge is -2.29. The van der Waals surface area contributed by atoms with E-state index in [0.29, 0.717) is 28.3 Å². The van der Waals surface area contributed by atoms with E-state index in [1.807, 2.05) is 6.07 Å². The predicted octanol–water partition coefficient (Wildman–Crippen LogP) is 2.89. The minimum Gasteiger partial charge on any atom is -0.497 e. The first-order chi connectivity index (χ1) is 12.9. The number of nitriles is 1. The predicted molar refractivity (Wildman–Crippen MR) is 98.7 cm³/mol.